The van der Waals surface area contributed by atoms with Crippen LogP contribution in [0.2, 0.25) is 0 Å². The number of hydrogen-bond donors (Lipinski definition) is 1. The minimum absolute atomic E-state index is 0.0399. The molecule has 1 atom stereocenters. The first kappa shape index (κ1) is 14.9. The van der Waals surface area contributed by atoms with Crippen molar-refractivity contribution in [2.75, 3.05) is 6.54 Å². The summed E-state index contributed by atoms with van der Waals surface area (Å²) in [5, 5.41) is 10.2. The fourth-order valence-corrected chi connectivity index (χ4v) is 3.39. The largest absolute Gasteiger partial charge is 0.508 e. The molecular formula is C18H16BrNO2. The molecule has 1 amide bonds. The highest BCUT2D eigenvalue weighted by molar-refractivity contribution is 9.10. The lowest BCUT2D eigenvalue weighted by molar-refractivity contribution is -0.127. The first-order valence-electron chi connectivity index (χ1n) is 7.07. The molecule has 112 valence electrons. The summed E-state index contributed by atoms with van der Waals surface area (Å²) >= 11 is 3.48. The van der Waals surface area contributed by atoms with Gasteiger partial charge in [-0.2, -0.15) is 0 Å². The van der Waals surface area contributed by atoms with Crippen LogP contribution < -0.4 is 0 Å². The molecule has 4 heteroatoms. The van der Waals surface area contributed by atoms with Crippen molar-refractivity contribution in [3.63, 3.8) is 0 Å². The van der Waals surface area contributed by atoms with Gasteiger partial charge in [0.1, 0.15) is 5.75 Å². The number of para-hydroxylation sites is 1. The van der Waals surface area contributed by atoms with Crippen molar-refractivity contribution in [3.05, 3.63) is 76.3 Å². The molecule has 0 bridgehead atoms. The number of nitrogens with zero attached hydrogens (tertiary/aromatic N) is 1. The second kappa shape index (κ2) is 5.97. The summed E-state index contributed by atoms with van der Waals surface area (Å²) in [4.78, 5) is 13.8. The van der Waals surface area contributed by atoms with E-state index in [-0.39, 0.29) is 17.6 Å². The van der Waals surface area contributed by atoms with E-state index >= 15 is 0 Å². The second-order valence-electron chi connectivity index (χ2n) is 5.38. The monoisotopic (exact) mass is 357 g/mol. The highest BCUT2D eigenvalue weighted by atomic mass is 79.9. The van der Waals surface area contributed by atoms with E-state index in [1.54, 1.807) is 17.0 Å². The van der Waals surface area contributed by atoms with Gasteiger partial charge in [0, 0.05) is 29.0 Å². The van der Waals surface area contributed by atoms with E-state index in [2.05, 4.69) is 28.6 Å². The summed E-state index contributed by atoms with van der Waals surface area (Å²) in [6.07, 6.45) is 1.34. The highest BCUT2D eigenvalue weighted by Gasteiger charge is 2.29. The van der Waals surface area contributed by atoms with Crippen LogP contribution in [0.4, 0.5) is 0 Å². The summed E-state index contributed by atoms with van der Waals surface area (Å²) in [6, 6.07) is 13.4. The molecule has 2 aromatic carbocycles. The number of benzene rings is 2. The molecule has 0 fully saturated rings. The SMILES string of the molecule is C=CC(=O)N1Cc2cc(Br)ccc2[C@@H](c2ccccc2O)C1. The average molecular weight is 358 g/mol. The molecule has 0 radical (unpaired) electrons. The van der Waals surface area contributed by atoms with Gasteiger partial charge in [-0.25, -0.2) is 0 Å². The summed E-state index contributed by atoms with van der Waals surface area (Å²) in [5.74, 6) is 0.127. The van der Waals surface area contributed by atoms with Gasteiger partial charge < -0.3 is 10.0 Å². The molecule has 2 aromatic rings. The number of halogens is 1. The summed E-state index contributed by atoms with van der Waals surface area (Å²) < 4.78 is 0.982. The first-order valence-corrected chi connectivity index (χ1v) is 7.87. The van der Waals surface area contributed by atoms with E-state index in [9.17, 15) is 9.90 Å². The van der Waals surface area contributed by atoms with Gasteiger partial charge in [0.25, 0.3) is 0 Å². The van der Waals surface area contributed by atoms with Crippen molar-refractivity contribution in [1.82, 2.24) is 4.90 Å². The Balaban J connectivity index is 2.11. The normalized spacial score (nSPS) is 17.0. The first-order chi connectivity index (χ1) is 10.6. The van der Waals surface area contributed by atoms with Crippen LogP contribution in [0.3, 0.4) is 0 Å². The van der Waals surface area contributed by atoms with Crippen LogP contribution >= 0.6 is 15.9 Å². The van der Waals surface area contributed by atoms with Gasteiger partial charge in [-0.3, -0.25) is 4.79 Å². The Morgan fingerprint density at radius 1 is 1.27 bits per heavy atom. The lowest BCUT2D eigenvalue weighted by Crippen LogP contribution is -2.37. The second-order valence-corrected chi connectivity index (χ2v) is 6.29. The fraction of sp³-hybridized carbons (Fsp3) is 0.167. The molecule has 0 saturated heterocycles. The number of aromatic hydroxyl groups is 1. The van der Waals surface area contributed by atoms with Gasteiger partial charge in [0.05, 0.1) is 0 Å². The Bertz CT molecular complexity index is 742. The van der Waals surface area contributed by atoms with Crippen LogP contribution in [-0.2, 0) is 11.3 Å². The van der Waals surface area contributed by atoms with E-state index in [0.29, 0.717) is 13.1 Å². The molecule has 1 aliphatic rings. The zero-order valence-corrected chi connectivity index (χ0v) is 13.6. The van der Waals surface area contributed by atoms with Crippen molar-refractivity contribution >= 4 is 21.8 Å². The van der Waals surface area contributed by atoms with Crippen molar-refractivity contribution in [1.29, 1.82) is 0 Å². The van der Waals surface area contributed by atoms with Crippen molar-refractivity contribution < 1.29 is 9.90 Å². The van der Waals surface area contributed by atoms with Crippen LogP contribution in [-0.4, -0.2) is 22.5 Å². The Labute approximate surface area is 138 Å². The van der Waals surface area contributed by atoms with Crippen molar-refractivity contribution in [2.24, 2.45) is 0 Å². The average Bonchev–Trinajstić information content (AvgIpc) is 2.53. The number of phenols is 1. The molecule has 0 unspecified atom stereocenters. The van der Waals surface area contributed by atoms with E-state index < -0.39 is 0 Å². The fourth-order valence-electron chi connectivity index (χ4n) is 2.99. The molecule has 1 heterocycles. The number of phenolic OH excluding ortho intramolecular Hbond substituents is 1. The molecule has 22 heavy (non-hydrogen) atoms. The quantitative estimate of drug-likeness (QED) is 0.830. The lowest BCUT2D eigenvalue weighted by atomic mass is 9.84. The number of hydrogen-bond acceptors (Lipinski definition) is 2. The Morgan fingerprint density at radius 2 is 2.05 bits per heavy atom. The zero-order valence-electron chi connectivity index (χ0n) is 12.0. The smallest absolute Gasteiger partial charge is 0.246 e. The number of carbonyl (C=O) groups is 1. The maximum Gasteiger partial charge on any atom is 0.246 e. The third-order valence-electron chi connectivity index (χ3n) is 4.04. The maximum absolute atomic E-state index is 12.1. The van der Waals surface area contributed by atoms with Crippen LogP contribution in [0.5, 0.6) is 5.75 Å². The van der Waals surface area contributed by atoms with E-state index in [1.807, 2.05) is 24.3 Å². The summed E-state index contributed by atoms with van der Waals surface area (Å²) in [7, 11) is 0. The van der Waals surface area contributed by atoms with E-state index in [4.69, 9.17) is 0 Å². The number of carbonyl (C=O) groups excluding carboxylic acids is 1. The number of amides is 1. The Hall–Kier alpha value is -2.07. The Kier molecular flexibility index (Phi) is 4.03. The van der Waals surface area contributed by atoms with Gasteiger partial charge in [0.15, 0.2) is 0 Å². The maximum atomic E-state index is 12.1. The molecule has 0 spiro atoms. The predicted octanol–water partition coefficient (Wildman–Crippen LogP) is 3.81. The van der Waals surface area contributed by atoms with Crippen molar-refractivity contribution in [2.45, 2.75) is 12.5 Å². The molecule has 3 nitrogen and oxygen atoms in total. The molecule has 0 saturated carbocycles. The third kappa shape index (κ3) is 2.66. The molecule has 1 aliphatic heterocycles. The highest BCUT2D eigenvalue weighted by Crippen LogP contribution is 2.38. The molecular weight excluding hydrogens is 342 g/mol. The van der Waals surface area contributed by atoms with Crippen molar-refractivity contribution in [3.8, 4) is 5.75 Å². The van der Waals surface area contributed by atoms with E-state index in [0.717, 1.165) is 21.2 Å². The molecule has 1 N–H and O–H groups in total. The topological polar surface area (TPSA) is 40.5 Å². The summed E-state index contributed by atoms with van der Waals surface area (Å²) in [5.41, 5.74) is 3.08. The standard InChI is InChI=1S/C18H16BrNO2/c1-2-18(22)20-10-12-9-13(19)7-8-14(12)16(11-20)15-5-3-4-6-17(15)21/h2-9,16,21H,1,10-11H2/t16-/m0/s1. The van der Waals surface area contributed by atoms with Gasteiger partial charge in [-0.1, -0.05) is 46.8 Å². The van der Waals surface area contributed by atoms with Gasteiger partial charge in [0.2, 0.25) is 5.91 Å². The number of fused-ring (bicyclic) bond motifs is 1. The van der Waals surface area contributed by atoms with E-state index in [1.165, 1.54) is 6.08 Å². The van der Waals surface area contributed by atoms with Crippen LogP contribution in [0, 0.1) is 0 Å². The molecule has 3 rings (SSSR count). The zero-order chi connectivity index (χ0) is 15.7. The molecule has 0 aliphatic carbocycles. The van der Waals surface area contributed by atoms with Crippen LogP contribution in [0.1, 0.15) is 22.6 Å². The number of rotatable bonds is 2. The van der Waals surface area contributed by atoms with Gasteiger partial charge in [-0.05, 0) is 35.4 Å². The lowest BCUT2D eigenvalue weighted by Gasteiger charge is -2.35. The minimum atomic E-state index is -0.0916. The predicted molar refractivity (Wildman–Crippen MR) is 89.7 cm³/mol. The van der Waals surface area contributed by atoms with Crippen LogP contribution in [0.15, 0.2) is 59.6 Å². The Morgan fingerprint density at radius 3 is 2.77 bits per heavy atom. The molecule has 0 aromatic heterocycles. The third-order valence-corrected chi connectivity index (χ3v) is 4.54. The summed E-state index contributed by atoms with van der Waals surface area (Å²) in [6.45, 7) is 4.67. The van der Waals surface area contributed by atoms with Gasteiger partial charge in [-0.15, -0.1) is 0 Å². The van der Waals surface area contributed by atoms with Crippen LogP contribution in [0.25, 0.3) is 0 Å². The van der Waals surface area contributed by atoms with Gasteiger partial charge >= 0.3 is 0 Å². The minimum Gasteiger partial charge on any atom is -0.508 e.